The lowest BCUT2D eigenvalue weighted by molar-refractivity contribution is 0.0835. The summed E-state index contributed by atoms with van der Waals surface area (Å²) < 4.78 is 15.8. The van der Waals surface area contributed by atoms with Crippen molar-refractivity contribution in [2.24, 2.45) is 0 Å². The molecule has 1 saturated heterocycles. The molecule has 4 nitrogen and oxygen atoms in total. The molecule has 94 valence electrons. The summed E-state index contributed by atoms with van der Waals surface area (Å²) >= 11 is 0. The molecular formula is C13H18O4. The molecular weight excluding hydrogens is 220 g/mol. The molecule has 0 bridgehead atoms. The molecule has 1 aromatic rings. The molecule has 1 aliphatic rings. The molecule has 2 heterocycles. The van der Waals surface area contributed by atoms with Gasteiger partial charge in [0, 0.05) is 20.1 Å². The van der Waals surface area contributed by atoms with Crippen molar-refractivity contribution >= 4 is 5.78 Å². The van der Waals surface area contributed by atoms with E-state index in [9.17, 15) is 4.79 Å². The van der Waals surface area contributed by atoms with E-state index < -0.39 is 0 Å². The van der Waals surface area contributed by atoms with E-state index in [-0.39, 0.29) is 11.9 Å². The second-order valence-corrected chi connectivity index (χ2v) is 4.30. The standard InChI is InChI=1S/C13H18O4/c1-15-9-11-5-7-13(17-11)12(14)6-4-10-3-2-8-16-10/h5,7,10H,2-4,6,8-9H2,1H3. The van der Waals surface area contributed by atoms with E-state index in [0.717, 1.165) is 25.9 Å². The van der Waals surface area contributed by atoms with Crippen LogP contribution in [0.15, 0.2) is 16.5 Å². The van der Waals surface area contributed by atoms with Crippen molar-refractivity contribution in [2.45, 2.75) is 38.4 Å². The SMILES string of the molecule is COCc1ccc(C(=O)CCC2CCCO2)o1. The van der Waals surface area contributed by atoms with E-state index in [2.05, 4.69) is 0 Å². The van der Waals surface area contributed by atoms with Crippen LogP contribution in [-0.4, -0.2) is 25.6 Å². The van der Waals surface area contributed by atoms with Crippen molar-refractivity contribution in [3.05, 3.63) is 23.7 Å². The van der Waals surface area contributed by atoms with Crippen molar-refractivity contribution in [3.63, 3.8) is 0 Å². The van der Waals surface area contributed by atoms with Gasteiger partial charge < -0.3 is 13.9 Å². The van der Waals surface area contributed by atoms with Gasteiger partial charge in [0.2, 0.25) is 0 Å². The Morgan fingerprint density at radius 2 is 2.41 bits per heavy atom. The first-order valence-corrected chi connectivity index (χ1v) is 6.02. The molecule has 1 fully saturated rings. The molecule has 1 unspecified atom stereocenters. The zero-order valence-corrected chi connectivity index (χ0v) is 10.1. The fraction of sp³-hybridized carbons (Fsp3) is 0.615. The van der Waals surface area contributed by atoms with Gasteiger partial charge in [0.15, 0.2) is 11.5 Å². The fourth-order valence-corrected chi connectivity index (χ4v) is 2.03. The van der Waals surface area contributed by atoms with Crippen molar-refractivity contribution < 1.29 is 18.7 Å². The Balaban J connectivity index is 1.81. The van der Waals surface area contributed by atoms with E-state index in [0.29, 0.717) is 24.5 Å². The van der Waals surface area contributed by atoms with Gasteiger partial charge in [-0.2, -0.15) is 0 Å². The highest BCUT2D eigenvalue weighted by molar-refractivity contribution is 5.93. The van der Waals surface area contributed by atoms with Crippen molar-refractivity contribution in [1.82, 2.24) is 0 Å². The zero-order chi connectivity index (χ0) is 12.1. The highest BCUT2D eigenvalue weighted by Gasteiger charge is 2.18. The lowest BCUT2D eigenvalue weighted by Gasteiger charge is -2.06. The molecule has 0 radical (unpaired) electrons. The number of carbonyl (C=O) groups is 1. The van der Waals surface area contributed by atoms with Gasteiger partial charge >= 0.3 is 0 Å². The number of rotatable bonds is 6. The minimum Gasteiger partial charge on any atom is -0.456 e. The fourth-order valence-electron chi connectivity index (χ4n) is 2.03. The van der Waals surface area contributed by atoms with E-state index in [1.54, 1.807) is 19.2 Å². The third kappa shape index (κ3) is 3.41. The normalized spacial score (nSPS) is 19.7. The summed E-state index contributed by atoms with van der Waals surface area (Å²) in [5, 5.41) is 0. The zero-order valence-electron chi connectivity index (χ0n) is 10.1. The van der Waals surface area contributed by atoms with Crippen LogP contribution in [0, 0.1) is 0 Å². The Hall–Kier alpha value is -1.13. The molecule has 4 heteroatoms. The van der Waals surface area contributed by atoms with Gasteiger partial charge in [0.1, 0.15) is 12.4 Å². The number of hydrogen-bond donors (Lipinski definition) is 0. The molecule has 0 aliphatic carbocycles. The molecule has 0 N–H and O–H groups in total. The topological polar surface area (TPSA) is 48.7 Å². The summed E-state index contributed by atoms with van der Waals surface area (Å²) in [6.07, 6.45) is 3.72. The van der Waals surface area contributed by atoms with E-state index in [4.69, 9.17) is 13.9 Å². The second kappa shape index (κ2) is 5.98. The number of Topliss-reactive ketones (excluding diaryl/α,β-unsaturated/α-hetero) is 1. The summed E-state index contributed by atoms with van der Waals surface area (Å²) in [7, 11) is 1.60. The summed E-state index contributed by atoms with van der Waals surface area (Å²) in [5.41, 5.74) is 0. The quantitative estimate of drug-likeness (QED) is 0.715. The van der Waals surface area contributed by atoms with Crippen LogP contribution in [0.4, 0.5) is 0 Å². The average molecular weight is 238 g/mol. The number of methoxy groups -OCH3 is 1. The molecule has 1 aliphatic heterocycles. The first-order valence-electron chi connectivity index (χ1n) is 6.02. The van der Waals surface area contributed by atoms with Gasteiger partial charge in [0.25, 0.3) is 0 Å². The third-order valence-electron chi connectivity index (χ3n) is 2.94. The predicted molar refractivity (Wildman–Crippen MR) is 62.0 cm³/mol. The molecule has 0 saturated carbocycles. The number of ketones is 1. The highest BCUT2D eigenvalue weighted by Crippen LogP contribution is 2.19. The Morgan fingerprint density at radius 1 is 1.53 bits per heavy atom. The maximum absolute atomic E-state index is 11.8. The maximum Gasteiger partial charge on any atom is 0.198 e. The van der Waals surface area contributed by atoms with Crippen LogP contribution in [0.3, 0.4) is 0 Å². The Labute approximate surface area is 101 Å². The molecule has 0 aromatic carbocycles. The van der Waals surface area contributed by atoms with Crippen LogP contribution in [-0.2, 0) is 16.1 Å². The van der Waals surface area contributed by atoms with Crippen LogP contribution < -0.4 is 0 Å². The van der Waals surface area contributed by atoms with Crippen LogP contribution in [0.1, 0.15) is 42.0 Å². The van der Waals surface area contributed by atoms with Gasteiger partial charge in [0.05, 0.1) is 6.10 Å². The minimum atomic E-state index is 0.0443. The largest absolute Gasteiger partial charge is 0.456 e. The maximum atomic E-state index is 11.8. The smallest absolute Gasteiger partial charge is 0.198 e. The van der Waals surface area contributed by atoms with E-state index >= 15 is 0 Å². The van der Waals surface area contributed by atoms with Crippen LogP contribution in [0.5, 0.6) is 0 Å². The molecule has 1 atom stereocenters. The summed E-state index contributed by atoms with van der Waals surface area (Å²) in [6.45, 7) is 1.23. The first kappa shape index (κ1) is 12.3. The molecule has 2 rings (SSSR count). The van der Waals surface area contributed by atoms with E-state index in [1.165, 1.54) is 0 Å². The Kier molecular flexibility index (Phi) is 4.34. The number of hydrogen-bond acceptors (Lipinski definition) is 4. The molecule has 17 heavy (non-hydrogen) atoms. The van der Waals surface area contributed by atoms with Gasteiger partial charge in [-0.15, -0.1) is 0 Å². The van der Waals surface area contributed by atoms with Crippen LogP contribution in [0.2, 0.25) is 0 Å². The van der Waals surface area contributed by atoms with Gasteiger partial charge in [-0.25, -0.2) is 0 Å². The van der Waals surface area contributed by atoms with Crippen LogP contribution >= 0.6 is 0 Å². The number of furan rings is 1. The van der Waals surface area contributed by atoms with Crippen LogP contribution in [0.25, 0.3) is 0 Å². The van der Waals surface area contributed by atoms with Crippen molar-refractivity contribution in [1.29, 1.82) is 0 Å². The molecule has 1 aromatic heterocycles. The summed E-state index contributed by atoms with van der Waals surface area (Å²) in [6, 6.07) is 3.50. The van der Waals surface area contributed by atoms with Gasteiger partial charge in [-0.05, 0) is 31.4 Å². The summed E-state index contributed by atoms with van der Waals surface area (Å²) in [4.78, 5) is 11.8. The first-order chi connectivity index (χ1) is 8.29. The second-order valence-electron chi connectivity index (χ2n) is 4.30. The van der Waals surface area contributed by atoms with E-state index in [1.807, 2.05) is 0 Å². The third-order valence-corrected chi connectivity index (χ3v) is 2.94. The average Bonchev–Trinajstić information content (AvgIpc) is 2.97. The number of carbonyl (C=O) groups excluding carboxylic acids is 1. The monoisotopic (exact) mass is 238 g/mol. The van der Waals surface area contributed by atoms with Gasteiger partial charge in [-0.3, -0.25) is 4.79 Å². The number of ether oxygens (including phenoxy) is 2. The lowest BCUT2D eigenvalue weighted by atomic mass is 10.1. The Bertz CT molecular complexity index is 363. The van der Waals surface area contributed by atoms with Crippen molar-refractivity contribution in [3.8, 4) is 0 Å². The van der Waals surface area contributed by atoms with Crippen molar-refractivity contribution in [2.75, 3.05) is 13.7 Å². The minimum absolute atomic E-state index is 0.0443. The predicted octanol–water partition coefficient (Wildman–Crippen LogP) is 2.57. The summed E-state index contributed by atoms with van der Waals surface area (Å²) in [5.74, 6) is 1.16. The molecule has 0 amide bonds. The Morgan fingerprint density at radius 3 is 3.12 bits per heavy atom. The lowest BCUT2D eigenvalue weighted by Crippen LogP contribution is -2.08. The van der Waals surface area contributed by atoms with Gasteiger partial charge in [-0.1, -0.05) is 0 Å². The molecule has 0 spiro atoms. The highest BCUT2D eigenvalue weighted by atomic mass is 16.5.